The van der Waals surface area contributed by atoms with E-state index >= 15 is 0 Å². The van der Waals surface area contributed by atoms with Crippen LogP contribution >= 0.6 is 7.60 Å². The second-order valence-corrected chi connectivity index (χ2v) is 7.33. The highest BCUT2D eigenvalue weighted by atomic mass is 31.2. The first-order valence-corrected chi connectivity index (χ1v) is 8.53. The second kappa shape index (κ2) is 7.61. The SMILES string of the molecule is CC(C)OP(=O)(CCN1CCNCC1)OC(C)C. The smallest absolute Gasteiger partial charge is 0.314 e. The molecule has 1 aliphatic heterocycles. The fourth-order valence-corrected chi connectivity index (χ4v) is 4.04. The molecule has 18 heavy (non-hydrogen) atoms. The first-order chi connectivity index (χ1) is 8.41. The highest BCUT2D eigenvalue weighted by Crippen LogP contribution is 2.50. The Balaban J connectivity index is 2.46. The minimum Gasteiger partial charge on any atom is -0.314 e. The van der Waals surface area contributed by atoms with Gasteiger partial charge in [0.15, 0.2) is 0 Å². The molecule has 1 fully saturated rings. The molecule has 0 aromatic carbocycles. The zero-order valence-electron chi connectivity index (χ0n) is 12.0. The van der Waals surface area contributed by atoms with Gasteiger partial charge in [0.1, 0.15) is 0 Å². The Kier molecular flexibility index (Phi) is 6.82. The summed E-state index contributed by atoms with van der Waals surface area (Å²) in [7, 11) is -2.96. The van der Waals surface area contributed by atoms with Gasteiger partial charge in [-0.25, -0.2) is 0 Å². The predicted molar refractivity (Wildman–Crippen MR) is 74.2 cm³/mol. The monoisotopic (exact) mass is 278 g/mol. The van der Waals surface area contributed by atoms with E-state index in [1.807, 2.05) is 27.7 Å². The molecular weight excluding hydrogens is 251 g/mol. The lowest BCUT2D eigenvalue weighted by atomic mass is 10.4. The van der Waals surface area contributed by atoms with E-state index in [0.717, 1.165) is 32.7 Å². The van der Waals surface area contributed by atoms with Gasteiger partial charge in [-0.1, -0.05) is 0 Å². The molecule has 0 spiro atoms. The van der Waals surface area contributed by atoms with Crippen LogP contribution in [0.2, 0.25) is 0 Å². The minimum atomic E-state index is -2.96. The van der Waals surface area contributed by atoms with Gasteiger partial charge in [0.25, 0.3) is 0 Å². The lowest BCUT2D eigenvalue weighted by Gasteiger charge is -2.29. The van der Waals surface area contributed by atoms with Crippen LogP contribution < -0.4 is 5.32 Å². The molecule has 0 atom stereocenters. The van der Waals surface area contributed by atoms with Crippen LogP contribution in [0.1, 0.15) is 27.7 Å². The third-order valence-corrected chi connectivity index (χ3v) is 4.88. The number of nitrogens with one attached hydrogen (secondary N) is 1. The van der Waals surface area contributed by atoms with Crippen molar-refractivity contribution in [3.05, 3.63) is 0 Å². The van der Waals surface area contributed by atoms with E-state index in [1.54, 1.807) is 0 Å². The van der Waals surface area contributed by atoms with Crippen molar-refractivity contribution >= 4 is 7.60 Å². The standard InChI is InChI=1S/C12H27N2O3P/c1-11(2)16-18(15,17-12(3)4)10-9-14-7-5-13-6-8-14/h11-13H,5-10H2,1-4H3. The zero-order valence-corrected chi connectivity index (χ0v) is 12.9. The van der Waals surface area contributed by atoms with Crippen molar-refractivity contribution in [2.75, 3.05) is 38.9 Å². The summed E-state index contributed by atoms with van der Waals surface area (Å²) < 4.78 is 23.7. The maximum Gasteiger partial charge on any atom is 0.332 e. The van der Waals surface area contributed by atoms with Gasteiger partial charge in [0.05, 0.1) is 18.4 Å². The Morgan fingerprint density at radius 1 is 1.11 bits per heavy atom. The van der Waals surface area contributed by atoms with E-state index in [4.69, 9.17) is 9.05 Å². The third-order valence-electron chi connectivity index (χ3n) is 2.64. The van der Waals surface area contributed by atoms with Gasteiger partial charge in [-0.3, -0.25) is 4.57 Å². The molecule has 108 valence electrons. The molecule has 1 heterocycles. The van der Waals surface area contributed by atoms with E-state index < -0.39 is 7.60 Å². The van der Waals surface area contributed by atoms with Crippen molar-refractivity contribution in [1.29, 1.82) is 0 Å². The van der Waals surface area contributed by atoms with Crippen molar-refractivity contribution in [3.8, 4) is 0 Å². The maximum absolute atomic E-state index is 12.6. The Morgan fingerprint density at radius 3 is 2.06 bits per heavy atom. The summed E-state index contributed by atoms with van der Waals surface area (Å²) in [6.07, 6.45) is 0.332. The Morgan fingerprint density at radius 2 is 1.61 bits per heavy atom. The average molecular weight is 278 g/mol. The molecule has 0 amide bonds. The van der Waals surface area contributed by atoms with Crippen LogP contribution in [0, 0.1) is 0 Å². The Labute approximate surface area is 111 Å². The van der Waals surface area contributed by atoms with Crippen LogP contribution in [-0.2, 0) is 13.6 Å². The van der Waals surface area contributed by atoms with Crippen molar-refractivity contribution in [2.24, 2.45) is 0 Å². The van der Waals surface area contributed by atoms with Gasteiger partial charge < -0.3 is 19.3 Å². The van der Waals surface area contributed by atoms with Crippen molar-refractivity contribution in [2.45, 2.75) is 39.9 Å². The molecule has 0 radical (unpaired) electrons. The number of piperazine rings is 1. The lowest BCUT2D eigenvalue weighted by Crippen LogP contribution is -2.44. The highest BCUT2D eigenvalue weighted by molar-refractivity contribution is 7.53. The normalized spacial score (nSPS) is 18.8. The van der Waals surface area contributed by atoms with Gasteiger partial charge in [-0.2, -0.15) is 0 Å². The van der Waals surface area contributed by atoms with Gasteiger partial charge in [-0.15, -0.1) is 0 Å². The molecule has 0 bridgehead atoms. The van der Waals surface area contributed by atoms with Crippen molar-refractivity contribution in [3.63, 3.8) is 0 Å². The number of hydrogen-bond acceptors (Lipinski definition) is 5. The molecule has 1 rings (SSSR count). The molecule has 1 N–H and O–H groups in total. The van der Waals surface area contributed by atoms with E-state index in [1.165, 1.54) is 0 Å². The summed E-state index contributed by atoms with van der Waals surface area (Å²) in [4.78, 5) is 2.30. The fourth-order valence-electron chi connectivity index (χ4n) is 1.97. The molecule has 0 aromatic rings. The minimum absolute atomic E-state index is 0.0717. The van der Waals surface area contributed by atoms with Crippen LogP contribution in [0.3, 0.4) is 0 Å². The highest BCUT2D eigenvalue weighted by Gasteiger charge is 2.28. The molecule has 0 saturated carbocycles. The first-order valence-electron chi connectivity index (χ1n) is 6.80. The van der Waals surface area contributed by atoms with Crippen LogP contribution in [0.15, 0.2) is 0 Å². The van der Waals surface area contributed by atoms with Crippen LogP contribution in [-0.4, -0.2) is 56.0 Å². The molecule has 1 aliphatic rings. The van der Waals surface area contributed by atoms with Crippen molar-refractivity contribution < 1.29 is 13.6 Å². The average Bonchev–Trinajstić information content (AvgIpc) is 2.26. The van der Waals surface area contributed by atoms with E-state index in [9.17, 15) is 4.57 Å². The Bertz CT molecular complexity index is 264. The third kappa shape index (κ3) is 6.30. The molecule has 5 nitrogen and oxygen atoms in total. The molecule has 6 heteroatoms. The van der Waals surface area contributed by atoms with Crippen LogP contribution in [0.25, 0.3) is 0 Å². The van der Waals surface area contributed by atoms with Crippen molar-refractivity contribution in [1.82, 2.24) is 10.2 Å². The van der Waals surface area contributed by atoms with E-state index in [0.29, 0.717) is 6.16 Å². The van der Waals surface area contributed by atoms with Gasteiger partial charge >= 0.3 is 7.60 Å². The summed E-state index contributed by atoms with van der Waals surface area (Å²) in [5.74, 6) is 0. The van der Waals surface area contributed by atoms with Gasteiger partial charge in [-0.05, 0) is 27.7 Å². The number of hydrogen-bond donors (Lipinski definition) is 1. The predicted octanol–water partition coefficient (Wildman–Crippen LogP) is 1.93. The maximum atomic E-state index is 12.6. The number of rotatable bonds is 7. The fraction of sp³-hybridized carbons (Fsp3) is 1.00. The first kappa shape index (κ1) is 16.1. The van der Waals surface area contributed by atoms with Crippen LogP contribution in [0.4, 0.5) is 0 Å². The summed E-state index contributed by atoms with van der Waals surface area (Å²) in [5, 5.41) is 3.30. The summed E-state index contributed by atoms with van der Waals surface area (Å²) >= 11 is 0. The number of nitrogens with zero attached hydrogens (tertiary/aromatic N) is 1. The second-order valence-electron chi connectivity index (χ2n) is 5.23. The quantitative estimate of drug-likeness (QED) is 0.721. The summed E-state index contributed by atoms with van der Waals surface area (Å²) in [5.41, 5.74) is 0. The topological polar surface area (TPSA) is 50.8 Å². The van der Waals surface area contributed by atoms with E-state index in [-0.39, 0.29) is 12.2 Å². The Hall–Kier alpha value is 0.0700. The molecule has 0 aliphatic carbocycles. The van der Waals surface area contributed by atoms with Gasteiger partial charge in [0, 0.05) is 32.7 Å². The summed E-state index contributed by atoms with van der Waals surface area (Å²) in [6.45, 7) is 12.3. The molecule has 0 unspecified atom stereocenters. The van der Waals surface area contributed by atoms with Crippen LogP contribution in [0.5, 0.6) is 0 Å². The largest absolute Gasteiger partial charge is 0.332 e. The molecule has 0 aromatic heterocycles. The lowest BCUT2D eigenvalue weighted by molar-refractivity contribution is 0.139. The zero-order chi connectivity index (χ0) is 13.6. The molecular formula is C12H27N2O3P. The molecule has 1 saturated heterocycles. The van der Waals surface area contributed by atoms with E-state index in [2.05, 4.69) is 10.2 Å². The summed E-state index contributed by atoms with van der Waals surface area (Å²) in [6, 6.07) is 0. The van der Waals surface area contributed by atoms with Gasteiger partial charge in [0.2, 0.25) is 0 Å².